The SMILES string of the molecule is CC(C)C(CCBr)NC(=O)c1cc(I)ccc1O. The number of phenolic OH excluding ortho intramolecular Hbond substituents is 1. The van der Waals surface area contributed by atoms with Crippen LogP contribution in [0.15, 0.2) is 18.2 Å². The number of carbonyl (C=O) groups excluding carboxylic acids is 1. The Morgan fingerprint density at radius 1 is 1.50 bits per heavy atom. The fourth-order valence-corrected chi connectivity index (χ4v) is 2.61. The number of halogens is 2. The smallest absolute Gasteiger partial charge is 0.255 e. The molecule has 0 saturated heterocycles. The van der Waals surface area contributed by atoms with Crippen LogP contribution in [0, 0.1) is 9.49 Å². The molecular weight excluding hydrogens is 409 g/mol. The van der Waals surface area contributed by atoms with E-state index in [1.165, 1.54) is 0 Å². The minimum absolute atomic E-state index is 0.0225. The molecule has 0 saturated carbocycles. The van der Waals surface area contributed by atoms with Gasteiger partial charge in [-0.25, -0.2) is 0 Å². The van der Waals surface area contributed by atoms with Crippen LogP contribution in [-0.2, 0) is 0 Å². The van der Waals surface area contributed by atoms with E-state index in [0.717, 1.165) is 15.3 Å². The summed E-state index contributed by atoms with van der Waals surface area (Å²) in [5.41, 5.74) is 0.335. The van der Waals surface area contributed by atoms with Crippen LogP contribution >= 0.6 is 38.5 Å². The van der Waals surface area contributed by atoms with Crippen molar-refractivity contribution in [2.24, 2.45) is 5.92 Å². The molecule has 18 heavy (non-hydrogen) atoms. The first-order valence-electron chi connectivity index (χ1n) is 5.81. The normalized spacial score (nSPS) is 12.5. The Bertz CT molecular complexity index is 423. The molecule has 0 radical (unpaired) electrons. The van der Waals surface area contributed by atoms with E-state index >= 15 is 0 Å². The summed E-state index contributed by atoms with van der Waals surface area (Å²) >= 11 is 5.51. The van der Waals surface area contributed by atoms with E-state index in [1.807, 2.05) is 0 Å². The van der Waals surface area contributed by atoms with Gasteiger partial charge in [-0.2, -0.15) is 0 Å². The maximum Gasteiger partial charge on any atom is 0.255 e. The van der Waals surface area contributed by atoms with Gasteiger partial charge in [-0.1, -0.05) is 29.8 Å². The molecular formula is C13H17BrINO2. The van der Waals surface area contributed by atoms with Gasteiger partial charge in [-0.3, -0.25) is 4.79 Å². The van der Waals surface area contributed by atoms with Crippen LogP contribution < -0.4 is 5.32 Å². The molecule has 0 fully saturated rings. The van der Waals surface area contributed by atoms with Gasteiger partial charge in [0.1, 0.15) is 5.75 Å². The number of phenols is 1. The number of rotatable bonds is 5. The lowest BCUT2D eigenvalue weighted by Crippen LogP contribution is -2.38. The molecule has 1 aromatic carbocycles. The third kappa shape index (κ3) is 4.42. The average Bonchev–Trinajstić information content (AvgIpc) is 2.31. The number of alkyl halides is 1. The minimum Gasteiger partial charge on any atom is -0.507 e. The fraction of sp³-hybridized carbons (Fsp3) is 0.462. The Morgan fingerprint density at radius 2 is 2.17 bits per heavy atom. The Morgan fingerprint density at radius 3 is 2.72 bits per heavy atom. The van der Waals surface area contributed by atoms with Gasteiger partial charge in [-0.05, 0) is 53.1 Å². The minimum atomic E-state index is -0.217. The highest BCUT2D eigenvalue weighted by Crippen LogP contribution is 2.20. The standard InChI is InChI=1S/C13H17BrINO2/c1-8(2)11(5-6-14)16-13(18)10-7-9(15)3-4-12(10)17/h3-4,7-8,11,17H,5-6H2,1-2H3,(H,16,18). The summed E-state index contributed by atoms with van der Waals surface area (Å²) < 4.78 is 0.928. The van der Waals surface area contributed by atoms with Crippen LogP contribution in [-0.4, -0.2) is 22.4 Å². The van der Waals surface area contributed by atoms with E-state index in [0.29, 0.717) is 11.5 Å². The van der Waals surface area contributed by atoms with Gasteiger partial charge in [0, 0.05) is 14.9 Å². The molecule has 2 N–H and O–H groups in total. The number of benzene rings is 1. The quantitative estimate of drug-likeness (QED) is 0.560. The van der Waals surface area contributed by atoms with Gasteiger partial charge < -0.3 is 10.4 Å². The van der Waals surface area contributed by atoms with E-state index < -0.39 is 0 Å². The molecule has 1 rings (SSSR count). The summed E-state index contributed by atoms with van der Waals surface area (Å²) in [6, 6.07) is 5.11. The van der Waals surface area contributed by atoms with Gasteiger partial charge in [0.05, 0.1) is 5.56 Å². The zero-order chi connectivity index (χ0) is 13.7. The summed E-state index contributed by atoms with van der Waals surface area (Å²) in [6.45, 7) is 4.14. The van der Waals surface area contributed by atoms with E-state index in [4.69, 9.17) is 0 Å². The lowest BCUT2D eigenvalue weighted by molar-refractivity contribution is 0.0922. The maximum absolute atomic E-state index is 12.1. The van der Waals surface area contributed by atoms with Crippen LogP contribution in [0.3, 0.4) is 0 Å². The molecule has 0 aliphatic carbocycles. The van der Waals surface area contributed by atoms with E-state index in [-0.39, 0.29) is 17.7 Å². The lowest BCUT2D eigenvalue weighted by atomic mass is 10.0. The fourth-order valence-electron chi connectivity index (χ4n) is 1.63. The Kier molecular flexibility index (Phi) is 6.42. The number of carbonyl (C=O) groups is 1. The highest BCUT2D eigenvalue weighted by atomic mass is 127. The van der Waals surface area contributed by atoms with Crippen LogP contribution in [0.5, 0.6) is 5.75 Å². The largest absolute Gasteiger partial charge is 0.507 e. The molecule has 0 bridgehead atoms. The lowest BCUT2D eigenvalue weighted by Gasteiger charge is -2.21. The number of nitrogens with one attached hydrogen (secondary N) is 1. The Balaban J connectivity index is 2.83. The first kappa shape index (κ1) is 15.8. The summed E-state index contributed by atoms with van der Waals surface area (Å²) in [4.78, 5) is 12.1. The topological polar surface area (TPSA) is 49.3 Å². The van der Waals surface area contributed by atoms with Crippen molar-refractivity contribution >= 4 is 44.4 Å². The number of hydrogen-bond donors (Lipinski definition) is 2. The highest BCUT2D eigenvalue weighted by Gasteiger charge is 2.18. The van der Waals surface area contributed by atoms with Gasteiger partial charge in [-0.15, -0.1) is 0 Å². The van der Waals surface area contributed by atoms with Gasteiger partial charge >= 0.3 is 0 Å². The molecule has 1 aromatic rings. The van der Waals surface area contributed by atoms with Crippen molar-refractivity contribution in [1.29, 1.82) is 0 Å². The summed E-state index contributed by atoms with van der Waals surface area (Å²) in [5, 5.41) is 13.5. The molecule has 3 nitrogen and oxygen atoms in total. The molecule has 0 aliphatic heterocycles. The van der Waals surface area contributed by atoms with Crippen molar-refractivity contribution in [1.82, 2.24) is 5.32 Å². The van der Waals surface area contributed by atoms with E-state index in [2.05, 4.69) is 57.7 Å². The van der Waals surface area contributed by atoms with Crippen molar-refractivity contribution in [3.05, 3.63) is 27.3 Å². The predicted octanol–water partition coefficient (Wildman–Crippen LogP) is 3.54. The van der Waals surface area contributed by atoms with Gasteiger partial charge in [0.2, 0.25) is 0 Å². The molecule has 0 aliphatic rings. The molecule has 1 unspecified atom stereocenters. The Hall–Kier alpha value is -0.300. The second kappa shape index (κ2) is 7.33. The molecule has 0 spiro atoms. The highest BCUT2D eigenvalue weighted by molar-refractivity contribution is 14.1. The van der Waals surface area contributed by atoms with Crippen molar-refractivity contribution in [2.45, 2.75) is 26.3 Å². The van der Waals surface area contributed by atoms with Crippen LogP contribution in [0.2, 0.25) is 0 Å². The second-order valence-corrected chi connectivity index (χ2v) is 6.50. The van der Waals surface area contributed by atoms with Crippen molar-refractivity contribution in [2.75, 3.05) is 5.33 Å². The van der Waals surface area contributed by atoms with Crippen LogP contribution in [0.4, 0.5) is 0 Å². The molecule has 0 aromatic heterocycles. The molecule has 0 heterocycles. The zero-order valence-corrected chi connectivity index (χ0v) is 14.2. The molecule has 1 amide bonds. The molecule has 100 valence electrons. The first-order valence-corrected chi connectivity index (χ1v) is 8.01. The summed E-state index contributed by atoms with van der Waals surface area (Å²) in [7, 11) is 0. The predicted molar refractivity (Wildman–Crippen MR) is 85.3 cm³/mol. The van der Waals surface area contributed by atoms with Crippen LogP contribution in [0.25, 0.3) is 0 Å². The third-order valence-electron chi connectivity index (χ3n) is 2.74. The van der Waals surface area contributed by atoms with Crippen molar-refractivity contribution in [3.8, 4) is 5.75 Å². The van der Waals surface area contributed by atoms with Crippen molar-refractivity contribution < 1.29 is 9.90 Å². The number of aromatic hydroxyl groups is 1. The third-order valence-corrected chi connectivity index (χ3v) is 3.87. The average molecular weight is 426 g/mol. The summed E-state index contributed by atoms with van der Waals surface area (Å²) in [5.74, 6) is 0.163. The van der Waals surface area contributed by atoms with Crippen LogP contribution in [0.1, 0.15) is 30.6 Å². The first-order chi connectivity index (χ1) is 8.45. The second-order valence-electron chi connectivity index (χ2n) is 4.46. The molecule has 5 heteroatoms. The molecule has 1 atom stereocenters. The van der Waals surface area contributed by atoms with Gasteiger partial charge in [0.25, 0.3) is 5.91 Å². The van der Waals surface area contributed by atoms with E-state index in [1.54, 1.807) is 18.2 Å². The maximum atomic E-state index is 12.1. The zero-order valence-electron chi connectivity index (χ0n) is 10.4. The van der Waals surface area contributed by atoms with E-state index in [9.17, 15) is 9.90 Å². The monoisotopic (exact) mass is 425 g/mol. The number of hydrogen-bond acceptors (Lipinski definition) is 2. The number of amides is 1. The van der Waals surface area contributed by atoms with Crippen molar-refractivity contribution in [3.63, 3.8) is 0 Å². The Labute approximate surface area is 130 Å². The van der Waals surface area contributed by atoms with Gasteiger partial charge in [0.15, 0.2) is 0 Å². The summed E-state index contributed by atoms with van der Waals surface area (Å²) in [6.07, 6.45) is 0.869.